The standard InChI is InChI=1S/C14H8ClF2NO2S/c15-11-2-1-10(21-11)14-8(5-12(19)20)7-3-6(16)4-9(17)13(7)18-14/h1-4,18H,5H2,(H,19,20). The van der Waals surface area contributed by atoms with Crippen LogP contribution in [-0.4, -0.2) is 16.1 Å². The summed E-state index contributed by atoms with van der Waals surface area (Å²) in [6.45, 7) is 0. The molecule has 0 saturated carbocycles. The van der Waals surface area contributed by atoms with E-state index in [0.717, 1.165) is 12.1 Å². The highest BCUT2D eigenvalue weighted by atomic mass is 35.5. The Balaban J connectivity index is 2.32. The number of fused-ring (bicyclic) bond motifs is 1. The highest BCUT2D eigenvalue weighted by Crippen LogP contribution is 2.37. The molecule has 0 aliphatic heterocycles. The van der Waals surface area contributed by atoms with Crippen LogP contribution >= 0.6 is 22.9 Å². The summed E-state index contributed by atoms with van der Waals surface area (Å²) in [4.78, 5) is 14.6. The molecule has 7 heteroatoms. The van der Waals surface area contributed by atoms with E-state index >= 15 is 0 Å². The normalized spacial score (nSPS) is 11.2. The van der Waals surface area contributed by atoms with Crippen LogP contribution in [0.5, 0.6) is 0 Å². The minimum atomic E-state index is -1.08. The number of carboxylic acids is 1. The lowest BCUT2D eigenvalue weighted by Gasteiger charge is -2.00. The first-order valence-corrected chi connectivity index (χ1v) is 7.12. The van der Waals surface area contributed by atoms with E-state index in [2.05, 4.69) is 4.98 Å². The third kappa shape index (κ3) is 2.52. The monoisotopic (exact) mass is 327 g/mol. The van der Waals surface area contributed by atoms with Gasteiger partial charge in [-0.1, -0.05) is 11.6 Å². The number of aliphatic carboxylic acids is 1. The molecule has 0 aliphatic carbocycles. The third-order valence-electron chi connectivity index (χ3n) is 3.08. The number of carboxylic acid groups (broad SMARTS) is 1. The number of rotatable bonds is 3. The number of hydrogen-bond donors (Lipinski definition) is 2. The Bertz CT molecular complexity index is 856. The molecule has 21 heavy (non-hydrogen) atoms. The molecule has 0 bridgehead atoms. The zero-order valence-corrected chi connectivity index (χ0v) is 12.0. The van der Waals surface area contributed by atoms with E-state index in [4.69, 9.17) is 16.7 Å². The second-order valence-corrected chi connectivity index (χ2v) is 6.18. The summed E-state index contributed by atoms with van der Waals surface area (Å²) in [5.41, 5.74) is 0.885. The fraction of sp³-hybridized carbons (Fsp3) is 0.0714. The summed E-state index contributed by atoms with van der Waals surface area (Å²) in [5.74, 6) is -2.59. The molecule has 0 radical (unpaired) electrons. The highest BCUT2D eigenvalue weighted by molar-refractivity contribution is 7.19. The van der Waals surface area contributed by atoms with Gasteiger partial charge in [-0.3, -0.25) is 4.79 Å². The van der Waals surface area contributed by atoms with Gasteiger partial charge in [-0.25, -0.2) is 8.78 Å². The molecule has 2 N–H and O–H groups in total. The summed E-state index contributed by atoms with van der Waals surface area (Å²) in [6, 6.07) is 5.26. The molecule has 3 aromatic rings. The molecule has 0 saturated heterocycles. The van der Waals surface area contributed by atoms with Crippen LogP contribution in [0.1, 0.15) is 5.56 Å². The van der Waals surface area contributed by atoms with Crippen LogP contribution in [0.25, 0.3) is 21.5 Å². The number of nitrogens with one attached hydrogen (secondary N) is 1. The zero-order valence-electron chi connectivity index (χ0n) is 10.4. The number of hydrogen-bond acceptors (Lipinski definition) is 2. The molecule has 2 heterocycles. The molecule has 2 aromatic heterocycles. The maximum atomic E-state index is 13.9. The predicted octanol–water partition coefficient (Wildman–Crippen LogP) is 4.46. The van der Waals surface area contributed by atoms with Gasteiger partial charge in [-0.15, -0.1) is 11.3 Å². The molecule has 3 nitrogen and oxygen atoms in total. The summed E-state index contributed by atoms with van der Waals surface area (Å²) in [7, 11) is 0. The van der Waals surface area contributed by atoms with Gasteiger partial charge in [0.25, 0.3) is 0 Å². The van der Waals surface area contributed by atoms with E-state index in [1.54, 1.807) is 12.1 Å². The number of aromatic nitrogens is 1. The Morgan fingerprint density at radius 2 is 2.10 bits per heavy atom. The van der Waals surface area contributed by atoms with E-state index in [9.17, 15) is 13.6 Å². The van der Waals surface area contributed by atoms with Crippen molar-refractivity contribution in [3.8, 4) is 10.6 Å². The second kappa shape index (κ2) is 5.13. The lowest BCUT2D eigenvalue weighted by Crippen LogP contribution is -2.00. The number of halogens is 3. The largest absolute Gasteiger partial charge is 0.481 e. The quantitative estimate of drug-likeness (QED) is 0.746. The summed E-state index contributed by atoms with van der Waals surface area (Å²) in [6.07, 6.45) is -0.340. The Kier molecular flexibility index (Phi) is 3.43. The van der Waals surface area contributed by atoms with Crippen molar-refractivity contribution >= 4 is 39.8 Å². The summed E-state index contributed by atoms with van der Waals surface area (Å²) >= 11 is 7.11. The SMILES string of the molecule is O=C(O)Cc1c(-c2ccc(Cl)s2)[nH]c2c(F)cc(F)cc12. The third-order valence-corrected chi connectivity index (χ3v) is 4.33. The van der Waals surface area contributed by atoms with Gasteiger partial charge in [0.05, 0.1) is 26.8 Å². The van der Waals surface area contributed by atoms with Crippen molar-refractivity contribution in [3.05, 3.63) is 45.8 Å². The van der Waals surface area contributed by atoms with Crippen LogP contribution in [-0.2, 0) is 11.2 Å². The smallest absolute Gasteiger partial charge is 0.307 e. The minimum absolute atomic E-state index is 0.0900. The maximum Gasteiger partial charge on any atom is 0.307 e. The highest BCUT2D eigenvalue weighted by Gasteiger charge is 2.20. The Morgan fingerprint density at radius 1 is 1.33 bits per heavy atom. The van der Waals surface area contributed by atoms with Gasteiger partial charge in [-0.05, 0) is 23.8 Å². The first-order valence-electron chi connectivity index (χ1n) is 5.93. The Morgan fingerprint density at radius 3 is 2.71 bits per heavy atom. The van der Waals surface area contributed by atoms with Crippen molar-refractivity contribution in [2.24, 2.45) is 0 Å². The molecule has 0 aliphatic rings. The van der Waals surface area contributed by atoms with Crippen molar-refractivity contribution in [3.63, 3.8) is 0 Å². The fourth-order valence-corrected chi connectivity index (χ4v) is 3.34. The molecular formula is C14H8ClF2NO2S. The van der Waals surface area contributed by atoms with Gasteiger partial charge in [0.15, 0.2) is 0 Å². The van der Waals surface area contributed by atoms with E-state index < -0.39 is 17.6 Å². The van der Waals surface area contributed by atoms with Crippen molar-refractivity contribution < 1.29 is 18.7 Å². The van der Waals surface area contributed by atoms with E-state index in [1.807, 2.05) is 0 Å². The van der Waals surface area contributed by atoms with Gasteiger partial charge in [0.1, 0.15) is 11.6 Å². The van der Waals surface area contributed by atoms with Crippen molar-refractivity contribution in [1.82, 2.24) is 4.98 Å². The van der Waals surface area contributed by atoms with E-state index in [0.29, 0.717) is 20.5 Å². The molecule has 1 aromatic carbocycles. The molecule has 0 amide bonds. The van der Waals surface area contributed by atoms with Crippen molar-refractivity contribution in [1.29, 1.82) is 0 Å². The predicted molar refractivity (Wildman–Crippen MR) is 77.9 cm³/mol. The molecule has 0 fully saturated rings. The van der Waals surface area contributed by atoms with E-state index in [1.165, 1.54) is 11.3 Å². The lowest BCUT2D eigenvalue weighted by molar-refractivity contribution is -0.136. The molecule has 3 rings (SSSR count). The lowest BCUT2D eigenvalue weighted by atomic mass is 10.1. The summed E-state index contributed by atoms with van der Waals surface area (Å²) < 4.78 is 27.8. The molecule has 0 atom stereocenters. The second-order valence-electron chi connectivity index (χ2n) is 4.46. The first kappa shape index (κ1) is 14.0. The number of benzene rings is 1. The van der Waals surface area contributed by atoms with Crippen molar-refractivity contribution in [2.45, 2.75) is 6.42 Å². The minimum Gasteiger partial charge on any atom is -0.481 e. The molecular weight excluding hydrogens is 320 g/mol. The average Bonchev–Trinajstić information content (AvgIpc) is 2.94. The van der Waals surface area contributed by atoms with Crippen LogP contribution in [0, 0.1) is 11.6 Å². The van der Waals surface area contributed by atoms with Crippen molar-refractivity contribution in [2.75, 3.05) is 0 Å². The first-order chi connectivity index (χ1) is 9.95. The molecule has 0 unspecified atom stereocenters. The molecule has 108 valence electrons. The number of aromatic amines is 1. The van der Waals surface area contributed by atoms with Crippen LogP contribution < -0.4 is 0 Å². The Hall–Kier alpha value is -1.92. The average molecular weight is 328 g/mol. The van der Waals surface area contributed by atoms with Crippen LogP contribution in [0.2, 0.25) is 4.34 Å². The number of carbonyl (C=O) groups is 1. The maximum absolute atomic E-state index is 13.9. The van der Waals surface area contributed by atoms with Gasteiger partial charge in [0, 0.05) is 11.5 Å². The Labute approximate surface area is 126 Å². The fourth-order valence-electron chi connectivity index (χ4n) is 2.27. The van der Waals surface area contributed by atoms with Gasteiger partial charge in [-0.2, -0.15) is 0 Å². The summed E-state index contributed by atoms with van der Waals surface area (Å²) in [5, 5.41) is 9.27. The van der Waals surface area contributed by atoms with E-state index in [-0.39, 0.29) is 17.3 Å². The van der Waals surface area contributed by atoms with Crippen LogP contribution in [0.4, 0.5) is 8.78 Å². The van der Waals surface area contributed by atoms with Gasteiger partial charge < -0.3 is 10.1 Å². The van der Waals surface area contributed by atoms with Gasteiger partial charge in [0.2, 0.25) is 0 Å². The zero-order chi connectivity index (χ0) is 15.1. The number of H-pyrrole nitrogens is 1. The topological polar surface area (TPSA) is 53.1 Å². The van der Waals surface area contributed by atoms with Crippen LogP contribution in [0.3, 0.4) is 0 Å². The number of thiophene rings is 1. The van der Waals surface area contributed by atoms with Gasteiger partial charge >= 0.3 is 5.97 Å². The molecule has 0 spiro atoms. The van der Waals surface area contributed by atoms with Crippen LogP contribution in [0.15, 0.2) is 24.3 Å².